The van der Waals surface area contributed by atoms with Gasteiger partial charge in [-0.3, -0.25) is 0 Å². The fraction of sp³-hybridized carbons (Fsp3) is 0.294. The molecule has 9 heteroatoms. The maximum Gasteiger partial charge on any atom is 0.243 e. The number of halogens is 1. The van der Waals surface area contributed by atoms with E-state index in [0.717, 1.165) is 5.69 Å². The van der Waals surface area contributed by atoms with Crippen LogP contribution in [0.5, 0.6) is 0 Å². The summed E-state index contributed by atoms with van der Waals surface area (Å²) in [6, 6.07) is 12.8. The highest BCUT2D eigenvalue weighted by Gasteiger charge is 2.28. The molecule has 0 saturated carbocycles. The number of hydrogen-bond acceptors (Lipinski definition) is 5. The van der Waals surface area contributed by atoms with Crippen molar-refractivity contribution < 1.29 is 16.8 Å². The maximum atomic E-state index is 12.7. The van der Waals surface area contributed by atoms with Gasteiger partial charge in [0.15, 0.2) is 9.84 Å². The summed E-state index contributed by atoms with van der Waals surface area (Å²) >= 11 is 5.82. The third-order valence-corrected chi connectivity index (χ3v) is 7.61. The van der Waals surface area contributed by atoms with Gasteiger partial charge >= 0.3 is 0 Å². The van der Waals surface area contributed by atoms with Crippen LogP contribution in [-0.4, -0.2) is 53.6 Å². The summed E-state index contributed by atoms with van der Waals surface area (Å²) in [5.74, 6) is 0. The van der Waals surface area contributed by atoms with Crippen molar-refractivity contribution in [3.63, 3.8) is 0 Å². The van der Waals surface area contributed by atoms with Crippen LogP contribution in [0.25, 0.3) is 0 Å². The Morgan fingerprint density at radius 2 is 1.27 bits per heavy atom. The average molecular weight is 415 g/mol. The van der Waals surface area contributed by atoms with E-state index < -0.39 is 19.9 Å². The Morgan fingerprint density at radius 1 is 0.769 bits per heavy atom. The lowest BCUT2D eigenvalue weighted by Gasteiger charge is -2.35. The zero-order valence-electron chi connectivity index (χ0n) is 14.2. The summed E-state index contributed by atoms with van der Waals surface area (Å²) in [4.78, 5) is 2.54. The smallest absolute Gasteiger partial charge is 0.243 e. The summed E-state index contributed by atoms with van der Waals surface area (Å²) in [5.41, 5.74) is 0.876. The van der Waals surface area contributed by atoms with Gasteiger partial charge < -0.3 is 4.90 Å². The fourth-order valence-electron chi connectivity index (χ4n) is 2.85. The molecular formula is C17H19ClN2O4S2. The molecule has 0 bridgehead atoms. The number of sulfone groups is 1. The fourth-order valence-corrected chi connectivity index (χ4v) is 5.03. The molecule has 1 heterocycles. The van der Waals surface area contributed by atoms with Gasteiger partial charge in [0.1, 0.15) is 0 Å². The van der Waals surface area contributed by atoms with Crippen molar-refractivity contribution in [3.05, 3.63) is 53.6 Å². The van der Waals surface area contributed by atoms with E-state index in [2.05, 4.69) is 0 Å². The molecule has 2 aromatic carbocycles. The standard InChI is InChI=1S/C17H19ClN2O4S2/c1-25(21,22)16-8-4-15(5-9-16)19-10-12-20(13-11-19)26(23,24)17-6-2-14(18)3-7-17/h2-9H,10-13H2,1H3. The van der Waals surface area contributed by atoms with Crippen LogP contribution in [0, 0.1) is 0 Å². The monoisotopic (exact) mass is 414 g/mol. The summed E-state index contributed by atoms with van der Waals surface area (Å²) in [6.07, 6.45) is 1.17. The molecule has 0 N–H and O–H groups in total. The first kappa shape index (κ1) is 19.2. The van der Waals surface area contributed by atoms with Crippen LogP contribution in [0.2, 0.25) is 5.02 Å². The van der Waals surface area contributed by atoms with Crippen molar-refractivity contribution in [3.8, 4) is 0 Å². The Hall–Kier alpha value is -1.61. The molecule has 2 aromatic rings. The van der Waals surface area contributed by atoms with Gasteiger partial charge in [0.05, 0.1) is 9.79 Å². The van der Waals surface area contributed by atoms with Gasteiger partial charge in [-0.2, -0.15) is 4.31 Å². The molecule has 1 saturated heterocycles. The lowest BCUT2D eigenvalue weighted by molar-refractivity contribution is 0.385. The SMILES string of the molecule is CS(=O)(=O)c1ccc(N2CCN(S(=O)(=O)c3ccc(Cl)cc3)CC2)cc1. The average Bonchev–Trinajstić information content (AvgIpc) is 2.62. The lowest BCUT2D eigenvalue weighted by Crippen LogP contribution is -2.48. The number of nitrogens with zero attached hydrogens (tertiary/aromatic N) is 2. The first-order valence-corrected chi connectivity index (χ1v) is 11.7. The van der Waals surface area contributed by atoms with E-state index in [1.807, 2.05) is 4.90 Å². The molecule has 3 rings (SSSR count). The summed E-state index contributed by atoms with van der Waals surface area (Å²) in [7, 11) is -6.77. The van der Waals surface area contributed by atoms with E-state index in [9.17, 15) is 16.8 Å². The molecule has 140 valence electrons. The highest BCUT2D eigenvalue weighted by atomic mass is 35.5. The minimum Gasteiger partial charge on any atom is -0.369 e. The molecule has 0 aromatic heterocycles. The third kappa shape index (κ3) is 4.03. The molecule has 1 aliphatic rings. The van der Waals surface area contributed by atoms with Crippen molar-refractivity contribution in [2.24, 2.45) is 0 Å². The number of benzene rings is 2. The highest BCUT2D eigenvalue weighted by molar-refractivity contribution is 7.90. The number of anilines is 1. The van der Waals surface area contributed by atoms with Crippen LogP contribution in [0.1, 0.15) is 0 Å². The Labute approximate surface area is 159 Å². The molecule has 6 nitrogen and oxygen atoms in total. The van der Waals surface area contributed by atoms with E-state index in [0.29, 0.717) is 31.2 Å². The van der Waals surface area contributed by atoms with Gasteiger partial charge in [-0.1, -0.05) is 11.6 Å². The molecule has 0 aliphatic carbocycles. The minimum absolute atomic E-state index is 0.229. The molecular weight excluding hydrogens is 396 g/mol. The number of sulfonamides is 1. The number of rotatable bonds is 4. The molecule has 0 amide bonds. The predicted octanol–water partition coefficient (Wildman–Crippen LogP) is 2.25. The Balaban J connectivity index is 1.70. The van der Waals surface area contributed by atoms with E-state index >= 15 is 0 Å². The summed E-state index contributed by atoms with van der Waals surface area (Å²) < 4.78 is 49.9. The Kier molecular flexibility index (Phi) is 5.30. The molecule has 1 aliphatic heterocycles. The molecule has 26 heavy (non-hydrogen) atoms. The van der Waals surface area contributed by atoms with Gasteiger partial charge in [-0.15, -0.1) is 0 Å². The summed E-state index contributed by atoms with van der Waals surface area (Å²) in [5, 5.41) is 0.492. The highest BCUT2D eigenvalue weighted by Crippen LogP contribution is 2.23. The Bertz CT molecular complexity index is 980. The van der Waals surface area contributed by atoms with Crippen LogP contribution < -0.4 is 4.90 Å². The number of piperazine rings is 1. The molecule has 1 fully saturated rings. The molecule has 0 spiro atoms. The first-order valence-electron chi connectivity index (χ1n) is 7.99. The van der Waals surface area contributed by atoms with Crippen LogP contribution in [0.3, 0.4) is 0 Å². The second-order valence-corrected chi connectivity index (χ2v) is 10.5. The van der Waals surface area contributed by atoms with Gasteiger partial charge in [0, 0.05) is 43.1 Å². The van der Waals surface area contributed by atoms with Crippen LogP contribution >= 0.6 is 11.6 Å². The lowest BCUT2D eigenvalue weighted by atomic mass is 10.2. The predicted molar refractivity (Wildman–Crippen MR) is 102 cm³/mol. The third-order valence-electron chi connectivity index (χ3n) is 4.32. The quantitative estimate of drug-likeness (QED) is 0.767. The topological polar surface area (TPSA) is 74.8 Å². The van der Waals surface area contributed by atoms with Crippen molar-refractivity contribution in [2.75, 3.05) is 37.3 Å². The molecule has 0 atom stereocenters. The van der Waals surface area contributed by atoms with Crippen LogP contribution in [-0.2, 0) is 19.9 Å². The maximum absolute atomic E-state index is 12.7. The van der Waals surface area contributed by atoms with Gasteiger partial charge in [0.2, 0.25) is 10.0 Å². The second-order valence-electron chi connectivity index (χ2n) is 6.11. The molecule has 0 radical (unpaired) electrons. The van der Waals surface area contributed by atoms with Crippen molar-refractivity contribution in [2.45, 2.75) is 9.79 Å². The number of hydrogen-bond donors (Lipinski definition) is 0. The van der Waals surface area contributed by atoms with E-state index in [-0.39, 0.29) is 9.79 Å². The molecule has 0 unspecified atom stereocenters. The van der Waals surface area contributed by atoms with Crippen LogP contribution in [0.4, 0.5) is 5.69 Å². The second kappa shape index (κ2) is 7.19. The normalized spacial score (nSPS) is 16.6. The Morgan fingerprint density at radius 3 is 1.77 bits per heavy atom. The van der Waals surface area contributed by atoms with Gasteiger partial charge in [0.25, 0.3) is 0 Å². The van der Waals surface area contributed by atoms with Gasteiger partial charge in [-0.05, 0) is 48.5 Å². The first-order chi connectivity index (χ1) is 12.2. The summed E-state index contributed by atoms with van der Waals surface area (Å²) in [6.45, 7) is 1.79. The van der Waals surface area contributed by atoms with Gasteiger partial charge in [-0.25, -0.2) is 16.8 Å². The van der Waals surface area contributed by atoms with Crippen molar-refractivity contribution >= 4 is 37.1 Å². The zero-order chi connectivity index (χ0) is 18.9. The van der Waals surface area contributed by atoms with E-state index in [4.69, 9.17) is 11.6 Å². The van der Waals surface area contributed by atoms with E-state index in [1.54, 1.807) is 36.4 Å². The largest absolute Gasteiger partial charge is 0.369 e. The van der Waals surface area contributed by atoms with Crippen LogP contribution in [0.15, 0.2) is 58.3 Å². The van der Waals surface area contributed by atoms with Crippen molar-refractivity contribution in [1.82, 2.24) is 4.31 Å². The minimum atomic E-state index is -3.54. The zero-order valence-corrected chi connectivity index (χ0v) is 16.6. The van der Waals surface area contributed by atoms with Crippen molar-refractivity contribution in [1.29, 1.82) is 0 Å². The van der Waals surface area contributed by atoms with E-state index in [1.165, 1.54) is 22.7 Å².